The molecule has 0 saturated carbocycles. The third-order valence-corrected chi connectivity index (χ3v) is 10.9. The van der Waals surface area contributed by atoms with E-state index in [9.17, 15) is 4.39 Å². The number of fused-ring (bicyclic) bond motifs is 1. The van der Waals surface area contributed by atoms with Crippen molar-refractivity contribution in [2.75, 3.05) is 78.0 Å². The number of allylic oxidation sites excluding steroid dienone is 1. The predicted molar refractivity (Wildman–Crippen MR) is 251 cm³/mol. The van der Waals surface area contributed by atoms with E-state index in [4.69, 9.17) is 10.5 Å². The van der Waals surface area contributed by atoms with Crippen LogP contribution in [0.1, 0.15) is 75.3 Å². The molecular formula is C48H76FN9O. The minimum absolute atomic E-state index is 0.382. The lowest BCUT2D eigenvalue weighted by Crippen LogP contribution is -2.48. The normalized spacial score (nSPS) is 15.2. The van der Waals surface area contributed by atoms with Gasteiger partial charge in [-0.15, -0.1) is 6.58 Å². The molecule has 59 heavy (non-hydrogen) atoms. The molecule has 0 bridgehead atoms. The lowest BCUT2D eigenvalue weighted by Gasteiger charge is -2.38. The minimum Gasteiger partial charge on any atom is -0.496 e. The number of alkyl halides is 1. The second kappa shape index (κ2) is 26.5. The lowest BCUT2D eigenvalue weighted by atomic mass is 9.97. The van der Waals surface area contributed by atoms with Crippen LogP contribution in [-0.4, -0.2) is 99.8 Å². The van der Waals surface area contributed by atoms with Crippen molar-refractivity contribution in [3.63, 3.8) is 0 Å². The Hall–Kier alpha value is -4.58. The molecule has 0 unspecified atom stereocenters. The average Bonchev–Trinajstić information content (AvgIpc) is 3.57. The zero-order chi connectivity index (χ0) is 43.0. The summed E-state index contributed by atoms with van der Waals surface area (Å²) in [5.74, 6) is 1.80. The summed E-state index contributed by atoms with van der Waals surface area (Å²) in [5, 5.41) is 9.93. The monoisotopic (exact) mass is 814 g/mol. The van der Waals surface area contributed by atoms with E-state index in [-0.39, 0.29) is 0 Å². The number of aromatic nitrogens is 1. The Labute approximate surface area is 355 Å². The third-order valence-electron chi connectivity index (χ3n) is 10.9. The number of hydrogen-bond donors (Lipinski definition) is 5. The zero-order valence-electron chi connectivity index (χ0n) is 37.2. The van der Waals surface area contributed by atoms with E-state index in [1.54, 1.807) is 52.8 Å². The number of piperazine rings is 1. The van der Waals surface area contributed by atoms with E-state index in [2.05, 4.69) is 87.6 Å². The average molecular weight is 814 g/mol. The van der Waals surface area contributed by atoms with Crippen LogP contribution in [0.4, 0.5) is 10.1 Å². The number of unbranched alkanes of at least 4 members (excludes halogenated alkanes) is 2. The molecule has 2 saturated heterocycles. The Morgan fingerprint density at radius 1 is 1.12 bits per heavy atom. The van der Waals surface area contributed by atoms with Gasteiger partial charge in [0.05, 0.1) is 13.7 Å². The van der Waals surface area contributed by atoms with Crippen molar-refractivity contribution in [1.29, 1.82) is 0 Å². The maximum Gasteiger partial charge on any atom is 0.124 e. The largest absolute Gasteiger partial charge is 0.496 e. The standard InChI is InChI=1S/C23H37N5O.C19H27FN4.C6H12/c1-5-25-28(6-2)18-21-15-22(16-23(29-4)19(21)3)27-13-11-26(12-14-27)17-20-7-9-24-10-8-20;1-19(2,20)10-18-16(15-6-4-5-7-17(15)24-18)8-9-23-13-14(11-21)12-22-3;1-3-5-6-4-2/h5-6,15-16,20,24-25H,1-2,7-14,17-18H2,3-4H3;4-7,11-12,23-24H,8-10,13,21H2,1-3H3;3H,1,4-6H2,2H3/b;14-11+,22-12?;. The van der Waals surface area contributed by atoms with Crippen molar-refractivity contribution >= 4 is 22.8 Å². The summed E-state index contributed by atoms with van der Waals surface area (Å²) >= 11 is 0. The molecule has 2 aromatic carbocycles. The van der Waals surface area contributed by atoms with Crippen LogP contribution >= 0.6 is 0 Å². The van der Waals surface area contributed by atoms with Crippen molar-refractivity contribution in [1.82, 2.24) is 31.0 Å². The number of nitrogens with two attached hydrogens (primary N) is 1. The Morgan fingerprint density at radius 3 is 2.44 bits per heavy atom. The molecule has 1 aromatic heterocycles. The SMILES string of the molecule is C=CCCCC.C=CNN(C=C)Cc1cc(N2CCN(CC3CCNCC3)CC2)cc(OC)c1C.CN=C/C(=C\N)CNCCc1c(CC(C)(C)F)[nH]c2ccccc12. The third kappa shape index (κ3) is 16.9. The van der Waals surface area contributed by atoms with E-state index in [1.807, 2.05) is 29.3 Å². The number of halogens is 1. The Morgan fingerprint density at radius 2 is 1.85 bits per heavy atom. The van der Waals surface area contributed by atoms with E-state index >= 15 is 0 Å². The number of ether oxygens (including phenoxy) is 1. The molecule has 3 aromatic rings. The van der Waals surface area contributed by atoms with Gasteiger partial charge in [-0.05, 0) is 113 Å². The van der Waals surface area contributed by atoms with Crippen molar-refractivity contribution in [2.24, 2.45) is 16.6 Å². The summed E-state index contributed by atoms with van der Waals surface area (Å²) in [5.41, 5.74) is 15.2. The van der Waals surface area contributed by atoms with Gasteiger partial charge in [-0.3, -0.25) is 14.9 Å². The quantitative estimate of drug-likeness (QED) is 0.0337. The van der Waals surface area contributed by atoms with Crippen LogP contribution in [0.3, 0.4) is 0 Å². The highest BCUT2D eigenvalue weighted by Crippen LogP contribution is 2.31. The first kappa shape index (κ1) is 48.8. The summed E-state index contributed by atoms with van der Waals surface area (Å²) in [6.45, 7) is 28.9. The van der Waals surface area contributed by atoms with Gasteiger partial charge in [0, 0.05) is 99.7 Å². The molecule has 2 aliphatic heterocycles. The molecule has 326 valence electrons. The number of aromatic amines is 1. The van der Waals surface area contributed by atoms with Crippen LogP contribution in [0.2, 0.25) is 0 Å². The van der Waals surface area contributed by atoms with Crippen molar-refractivity contribution in [3.05, 3.63) is 109 Å². The van der Waals surface area contributed by atoms with E-state index in [0.717, 1.165) is 67.6 Å². The highest BCUT2D eigenvalue weighted by atomic mass is 19.1. The predicted octanol–water partition coefficient (Wildman–Crippen LogP) is 8.22. The first-order valence-corrected chi connectivity index (χ1v) is 21.5. The Bertz CT molecular complexity index is 1750. The molecule has 3 heterocycles. The number of piperidine rings is 1. The second-order valence-corrected chi connectivity index (χ2v) is 16.1. The van der Waals surface area contributed by atoms with E-state index in [1.165, 1.54) is 79.5 Å². The summed E-state index contributed by atoms with van der Waals surface area (Å²) in [4.78, 5) is 12.5. The smallest absolute Gasteiger partial charge is 0.124 e. The molecule has 0 amide bonds. The van der Waals surface area contributed by atoms with Gasteiger partial charge in [0.1, 0.15) is 11.4 Å². The maximum absolute atomic E-state index is 14.1. The number of benzene rings is 2. The van der Waals surface area contributed by atoms with Gasteiger partial charge in [-0.25, -0.2) is 4.39 Å². The zero-order valence-corrected chi connectivity index (χ0v) is 37.2. The fraction of sp³-hybridized carbons (Fsp3) is 0.521. The summed E-state index contributed by atoms with van der Waals surface area (Å²) in [6.07, 6.45) is 16.3. The van der Waals surface area contributed by atoms with Gasteiger partial charge in [-0.1, -0.05) is 57.2 Å². The second-order valence-electron chi connectivity index (χ2n) is 16.1. The van der Waals surface area contributed by atoms with Gasteiger partial charge in [0.2, 0.25) is 0 Å². The highest BCUT2D eigenvalue weighted by molar-refractivity contribution is 5.84. The Balaban J connectivity index is 0.000000281. The molecule has 0 aliphatic carbocycles. The molecular weight excluding hydrogens is 738 g/mol. The molecule has 5 rings (SSSR count). The van der Waals surface area contributed by atoms with Crippen LogP contribution in [-0.2, 0) is 19.4 Å². The van der Waals surface area contributed by atoms with E-state index < -0.39 is 5.67 Å². The molecule has 6 N–H and O–H groups in total. The van der Waals surface area contributed by atoms with Crippen molar-refractivity contribution in [2.45, 2.75) is 84.9 Å². The van der Waals surface area contributed by atoms with Gasteiger partial charge in [0.25, 0.3) is 0 Å². The van der Waals surface area contributed by atoms with Gasteiger partial charge in [-0.2, -0.15) is 0 Å². The molecule has 2 aliphatic rings. The van der Waals surface area contributed by atoms with Crippen LogP contribution in [0.15, 0.2) is 91.4 Å². The number of anilines is 1. The number of H-pyrrole nitrogens is 1. The van der Waals surface area contributed by atoms with Crippen LogP contribution < -0.4 is 31.4 Å². The number of methoxy groups -OCH3 is 1. The molecule has 2 fully saturated rings. The van der Waals surface area contributed by atoms with Crippen molar-refractivity contribution < 1.29 is 9.13 Å². The fourth-order valence-corrected chi connectivity index (χ4v) is 7.59. The number of rotatable bonds is 20. The molecule has 10 nitrogen and oxygen atoms in total. The molecule has 0 atom stereocenters. The van der Waals surface area contributed by atoms with E-state index in [0.29, 0.717) is 19.5 Å². The first-order chi connectivity index (χ1) is 28.5. The highest BCUT2D eigenvalue weighted by Gasteiger charge is 2.24. The van der Waals surface area contributed by atoms with Gasteiger partial charge >= 0.3 is 0 Å². The molecule has 0 spiro atoms. The van der Waals surface area contributed by atoms with Gasteiger partial charge in [0.15, 0.2) is 0 Å². The number of aliphatic imine (C=N–C) groups is 1. The molecule has 11 heteroatoms. The fourth-order valence-electron chi connectivity index (χ4n) is 7.59. The van der Waals surface area contributed by atoms with Crippen LogP contribution in [0.5, 0.6) is 5.75 Å². The van der Waals surface area contributed by atoms with Crippen LogP contribution in [0.25, 0.3) is 10.9 Å². The molecule has 0 radical (unpaired) electrons. The van der Waals surface area contributed by atoms with Gasteiger partial charge < -0.3 is 36.4 Å². The minimum atomic E-state index is -1.24. The topological polar surface area (TPSA) is 109 Å². The lowest BCUT2D eigenvalue weighted by molar-refractivity contribution is 0.196. The number of nitrogens with zero attached hydrogens (tertiary/aromatic N) is 4. The van der Waals surface area contributed by atoms with Crippen LogP contribution in [0, 0.1) is 12.8 Å². The number of hydrogen-bond acceptors (Lipinski definition) is 9. The first-order valence-electron chi connectivity index (χ1n) is 21.5. The number of hydrazine groups is 1. The summed E-state index contributed by atoms with van der Waals surface area (Å²) in [7, 11) is 3.47. The Kier molecular flexibility index (Phi) is 21.9. The maximum atomic E-state index is 14.1. The number of para-hydroxylation sites is 1. The number of nitrogens with one attached hydrogen (secondary N) is 4. The van der Waals surface area contributed by atoms with Crippen molar-refractivity contribution in [3.8, 4) is 5.75 Å². The summed E-state index contributed by atoms with van der Waals surface area (Å²) in [6, 6.07) is 12.6. The summed E-state index contributed by atoms with van der Waals surface area (Å²) < 4.78 is 19.8.